The maximum atomic E-state index is 11.9. The minimum atomic E-state index is -0.0857. The summed E-state index contributed by atoms with van der Waals surface area (Å²) in [5.41, 5.74) is 1.76. The zero-order chi connectivity index (χ0) is 12.8. The molecular formula is C12H15Br2NO2. The Morgan fingerprint density at radius 3 is 2.82 bits per heavy atom. The van der Waals surface area contributed by atoms with Gasteiger partial charge in [0.2, 0.25) is 0 Å². The van der Waals surface area contributed by atoms with Gasteiger partial charge in [0.05, 0.1) is 17.0 Å². The molecule has 0 radical (unpaired) electrons. The third-order valence-corrected chi connectivity index (χ3v) is 3.44. The number of hydrogen-bond acceptors (Lipinski definition) is 2. The van der Waals surface area contributed by atoms with Crippen LogP contribution in [0.2, 0.25) is 0 Å². The Morgan fingerprint density at radius 2 is 2.24 bits per heavy atom. The molecule has 1 aromatic rings. The van der Waals surface area contributed by atoms with E-state index in [1.54, 1.807) is 7.11 Å². The van der Waals surface area contributed by atoms with Crippen molar-refractivity contribution in [1.29, 1.82) is 0 Å². The molecule has 0 spiro atoms. The van der Waals surface area contributed by atoms with E-state index in [2.05, 4.69) is 37.2 Å². The van der Waals surface area contributed by atoms with Crippen LogP contribution in [0.4, 0.5) is 0 Å². The fourth-order valence-corrected chi connectivity index (χ4v) is 2.44. The Bertz CT molecular complexity index is 396. The van der Waals surface area contributed by atoms with Gasteiger partial charge >= 0.3 is 0 Å². The summed E-state index contributed by atoms with van der Waals surface area (Å²) in [6.45, 7) is 3.09. The Labute approximate surface area is 118 Å². The first kappa shape index (κ1) is 14.7. The predicted octanol–water partition coefficient (Wildman–Crippen LogP) is 2.90. The average Bonchev–Trinajstić information content (AvgIpc) is 2.26. The first-order chi connectivity index (χ1) is 8.04. The lowest BCUT2D eigenvalue weighted by atomic mass is 10.1. The summed E-state index contributed by atoms with van der Waals surface area (Å²) in [6, 6.07) is 5.66. The minimum Gasteiger partial charge on any atom is -0.383 e. The zero-order valence-corrected chi connectivity index (χ0v) is 13.0. The van der Waals surface area contributed by atoms with Crippen LogP contribution in [-0.2, 0) is 4.74 Å². The molecule has 1 N–H and O–H groups in total. The number of amides is 1. The molecule has 0 fully saturated rings. The maximum absolute atomic E-state index is 11.9. The quantitative estimate of drug-likeness (QED) is 0.816. The number of rotatable bonds is 5. The summed E-state index contributed by atoms with van der Waals surface area (Å²) in [4.78, 5) is 12.0. The first-order valence-corrected chi connectivity index (χ1v) is 6.93. The van der Waals surface area contributed by atoms with Gasteiger partial charge in [0, 0.05) is 18.1 Å². The second kappa shape index (κ2) is 7.13. The van der Waals surface area contributed by atoms with E-state index in [-0.39, 0.29) is 10.7 Å². The first-order valence-electron chi connectivity index (χ1n) is 5.22. The van der Waals surface area contributed by atoms with Gasteiger partial charge in [-0.1, -0.05) is 22.0 Å². The Morgan fingerprint density at radius 1 is 1.53 bits per heavy atom. The Hall–Kier alpha value is -0.390. The van der Waals surface area contributed by atoms with E-state index in [4.69, 9.17) is 4.74 Å². The Balaban J connectivity index is 2.58. The highest BCUT2D eigenvalue weighted by molar-refractivity contribution is 9.10. The highest BCUT2D eigenvalue weighted by Gasteiger charge is 2.11. The van der Waals surface area contributed by atoms with Crippen molar-refractivity contribution in [2.45, 2.75) is 11.8 Å². The van der Waals surface area contributed by atoms with E-state index in [1.165, 1.54) is 0 Å². The molecule has 0 saturated carbocycles. The van der Waals surface area contributed by atoms with Crippen LogP contribution >= 0.6 is 31.9 Å². The number of carbonyl (C=O) groups excluding carboxylic acids is 1. The number of benzene rings is 1. The van der Waals surface area contributed by atoms with E-state index in [9.17, 15) is 4.79 Å². The topological polar surface area (TPSA) is 38.3 Å². The second-order valence-corrected chi connectivity index (χ2v) is 5.90. The summed E-state index contributed by atoms with van der Waals surface area (Å²) in [5, 5.41) is 2.85. The van der Waals surface area contributed by atoms with Crippen LogP contribution in [-0.4, -0.2) is 31.0 Å². The molecule has 94 valence electrons. The van der Waals surface area contributed by atoms with E-state index >= 15 is 0 Å². The van der Waals surface area contributed by atoms with Gasteiger partial charge in [-0.2, -0.15) is 0 Å². The fourth-order valence-electron chi connectivity index (χ4n) is 1.34. The van der Waals surface area contributed by atoms with E-state index < -0.39 is 0 Å². The number of carbonyl (C=O) groups is 1. The summed E-state index contributed by atoms with van der Waals surface area (Å²) in [5.74, 6) is -0.0857. The Kier molecular flexibility index (Phi) is 6.16. The molecular weight excluding hydrogens is 350 g/mol. The summed E-state index contributed by atoms with van der Waals surface area (Å²) < 4.78 is 5.79. The number of methoxy groups -OCH3 is 1. The van der Waals surface area contributed by atoms with Crippen LogP contribution in [0.15, 0.2) is 22.7 Å². The summed E-state index contributed by atoms with van der Waals surface area (Å²) >= 11 is 6.81. The fraction of sp³-hybridized carbons (Fsp3) is 0.417. The molecule has 17 heavy (non-hydrogen) atoms. The van der Waals surface area contributed by atoms with Gasteiger partial charge in [-0.15, -0.1) is 0 Å². The smallest absolute Gasteiger partial charge is 0.252 e. The molecule has 0 aliphatic carbocycles. The molecule has 1 atom stereocenters. The van der Waals surface area contributed by atoms with Crippen LogP contribution in [0, 0.1) is 6.92 Å². The molecule has 0 saturated heterocycles. The normalized spacial score (nSPS) is 12.2. The van der Waals surface area contributed by atoms with Crippen molar-refractivity contribution >= 4 is 37.8 Å². The van der Waals surface area contributed by atoms with Crippen molar-refractivity contribution in [3.05, 3.63) is 33.8 Å². The third-order valence-electron chi connectivity index (χ3n) is 2.20. The van der Waals surface area contributed by atoms with Crippen molar-refractivity contribution < 1.29 is 9.53 Å². The average molecular weight is 365 g/mol. The van der Waals surface area contributed by atoms with Crippen LogP contribution in [0.5, 0.6) is 0 Å². The highest BCUT2D eigenvalue weighted by Crippen LogP contribution is 2.18. The second-order valence-electron chi connectivity index (χ2n) is 3.75. The SMILES string of the molecule is COCC(Br)CNC(=O)c1ccc(C)cc1Br. The molecule has 0 aliphatic rings. The molecule has 3 nitrogen and oxygen atoms in total. The van der Waals surface area contributed by atoms with Crippen molar-refractivity contribution in [2.75, 3.05) is 20.3 Å². The van der Waals surface area contributed by atoms with Crippen molar-refractivity contribution in [1.82, 2.24) is 5.32 Å². The van der Waals surface area contributed by atoms with Crippen molar-refractivity contribution in [3.8, 4) is 0 Å². The largest absolute Gasteiger partial charge is 0.383 e. The predicted molar refractivity (Wildman–Crippen MR) is 75.8 cm³/mol. The third kappa shape index (κ3) is 4.77. The van der Waals surface area contributed by atoms with Gasteiger partial charge in [-0.25, -0.2) is 0 Å². The van der Waals surface area contributed by atoms with E-state index in [1.807, 2.05) is 25.1 Å². The lowest BCUT2D eigenvalue weighted by Gasteiger charge is -2.11. The van der Waals surface area contributed by atoms with Crippen LogP contribution in [0.1, 0.15) is 15.9 Å². The van der Waals surface area contributed by atoms with Gasteiger partial charge in [0.15, 0.2) is 0 Å². The van der Waals surface area contributed by atoms with Gasteiger partial charge in [-0.3, -0.25) is 4.79 Å². The van der Waals surface area contributed by atoms with E-state index in [0.717, 1.165) is 10.0 Å². The number of hydrogen-bond donors (Lipinski definition) is 1. The molecule has 0 bridgehead atoms. The number of aryl methyl sites for hydroxylation is 1. The molecule has 1 amide bonds. The van der Waals surface area contributed by atoms with Crippen molar-refractivity contribution in [3.63, 3.8) is 0 Å². The maximum Gasteiger partial charge on any atom is 0.252 e. The van der Waals surface area contributed by atoms with Crippen LogP contribution in [0.3, 0.4) is 0 Å². The standard InChI is InChI=1S/C12H15Br2NO2/c1-8-3-4-10(11(14)5-8)12(16)15-6-9(13)7-17-2/h3-5,9H,6-7H2,1-2H3,(H,15,16). The van der Waals surface area contributed by atoms with Gasteiger partial charge in [-0.05, 0) is 40.5 Å². The number of halogens is 2. The molecule has 1 aromatic carbocycles. The molecule has 0 aromatic heterocycles. The zero-order valence-electron chi connectivity index (χ0n) is 9.80. The summed E-state index contributed by atoms with van der Waals surface area (Å²) in [7, 11) is 1.63. The number of ether oxygens (including phenoxy) is 1. The number of alkyl halides is 1. The lowest BCUT2D eigenvalue weighted by molar-refractivity contribution is 0.0949. The van der Waals surface area contributed by atoms with Gasteiger partial charge < -0.3 is 10.1 Å². The monoisotopic (exact) mass is 363 g/mol. The molecule has 5 heteroatoms. The molecule has 1 unspecified atom stereocenters. The van der Waals surface area contributed by atoms with Crippen LogP contribution < -0.4 is 5.32 Å². The highest BCUT2D eigenvalue weighted by atomic mass is 79.9. The van der Waals surface area contributed by atoms with Crippen molar-refractivity contribution in [2.24, 2.45) is 0 Å². The summed E-state index contributed by atoms with van der Waals surface area (Å²) in [6.07, 6.45) is 0. The number of nitrogens with one attached hydrogen (secondary N) is 1. The van der Waals surface area contributed by atoms with Gasteiger partial charge in [0.1, 0.15) is 0 Å². The molecule has 0 heterocycles. The van der Waals surface area contributed by atoms with E-state index in [0.29, 0.717) is 18.7 Å². The molecule has 0 aliphatic heterocycles. The van der Waals surface area contributed by atoms with Gasteiger partial charge in [0.25, 0.3) is 5.91 Å². The van der Waals surface area contributed by atoms with Crippen LogP contribution in [0.25, 0.3) is 0 Å². The minimum absolute atomic E-state index is 0.0857. The lowest BCUT2D eigenvalue weighted by Crippen LogP contribution is -2.31. The molecule has 1 rings (SSSR count).